The number of fused-ring (bicyclic) bond motifs is 6. The van der Waals surface area contributed by atoms with Crippen molar-refractivity contribution in [2.75, 3.05) is 0 Å². The van der Waals surface area contributed by atoms with Crippen LogP contribution in [-0.2, 0) is 10.8 Å². The summed E-state index contributed by atoms with van der Waals surface area (Å²) in [5.74, 6) is 0. The molecule has 5 nitrogen and oxygen atoms in total. The molecule has 0 aliphatic heterocycles. The van der Waals surface area contributed by atoms with Crippen molar-refractivity contribution in [3.05, 3.63) is 123 Å². The van der Waals surface area contributed by atoms with E-state index in [4.69, 9.17) is 8.83 Å². The Labute approximate surface area is 254 Å². The minimum Gasteiger partial charge on any atom is -0.422 e. The van der Waals surface area contributed by atoms with Gasteiger partial charge < -0.3 is 8.83 Å². The van der Waals surface area contributed by atoms with E-state index in [1.54, 1.807) is 18.5 Å². The van der Waals surface area contributed by atoms with Gasteiger partial charge in [-0.15, -0.1) is 0 Å². The van der Waals surface area contributed by atoms with Crippen molar-refractivity contribution in [1.82, 2.24) is 4.98 Å². The number of hydrogen-bond donors (Lipinski definition) is 0. The van der Waals surface area contributed by atoms with Gasteiger partial charge in [0.2, 0.25) is 0 Å². The van der Waals surface area contributed by atoms with Crippen LogP contribution in [-0.4, -0.2) is 4.98 Å². The van der Waals surface area contributed by atoms with Crippen LogP contribution in [0.3, 0.4) is 0 Å². The van der Waals surface area contributed by atoms with Crippen LogP contribution < -0.4 is 11.3 Å². The molecule has 0 unspecified atom stereocenters. The zero-order valence-electron chi connectivity index (χ0n) is 25.7. The normalized spacial score (nSPS) is 12.5. The molecule has 0 amide bonds. The van der Waals surface area contributed by atoms with Crippen LogP contribution in [0.4, 0.5) is 0 Å². The van der Waals surface area contributed by atoms with Gasteiger partial charge in [-0.05, 0) is 73.8 Å². The van der Waals surface area contributed by atoms with E-state index in [1.807, 2.05) is 36.4 Å². The Morgan fingerprint density at radius 2 is 0.932 bits per heavy atom. The summed E-state index contributed by atoms with van der Waals surface area (Å²) >= 11 is 0. The Morgan fingerprint density at radius 3 is 1.34 bits per heavy atom. The molecule has 7 aromatic rings. The molecule has 0 aliphatic carbocycles. The second-order valence-electron chi connectivity index (χ2n) is 13.7. The highest BCUT2D eigenvalue weighted by Crippen LogP contribution is 2.34. The lowest BCUT2D eigenvalue weighted by molar-refractivity contribution is 0.564. The Morgan fingerprint density at radius 1 is 0.500 bits per heavy atom. The monoisotopic (exact) mass is 579 g/mol. The van der Waals surface area contributed by atoms with Crippen LogP contribution in [0, 0.1) is 0 Å². The number of nitrogens with zero attached hydrogens (tertiary/aromatic N) is 1. The first-order valence-electron chi connectivity index (χ1n) is 14.8. The molecule has 0 radical (unpaired) electrons. The lowest BCUT2D eigenvalue weighted by Gasteiger charge is -2.19. The van der Waals surface area contributed by atoms with Crippen molar-refractivity contribution < 1.29 is 8.83 Å². The van der Waals surface area contributed by atoms with Gasteiger partial charge in [0.25, 0.3) is 0 Å². The van der Waals surface area contributed by atoms with Crippen molar-refractivity contribution in [2.24, 2.45) is 0 Å². The van der Waals surface area contributed by atoms with E-state index in [-0.39, 0.29) is 10.8 Å². The van der Waals surface area contributed by atoms with E-state index < -0.39 is 11.3 Å². The molecule has 3 heterocycles. The molecule has 0 saturated heterocycles. The van der Waals surface area contributed by atoms with E-state index in [9.17, 15) is 9.59 Å². The van der Waals surface area contributed by atoms with E-state index >= 15 is 0 Å². The summed E-state index contributed by atoms with van der Waals surface area (Å²) < 4.78 is 11.6. The second-order valence-corrected chi connectivity index (χ2v) is 13.7. The van der Waals surface area contributed by atoms with Crippen molar-refractivity contribution in [2.45, 2.75) is 52.4 Å². The van der Waals surface area contributed by atoms with Crippen LogP contribution in [0.2, 0.25) is 0 Å². The van der Waals surface area contributed by atoms with Gasteiger partial charge in [-0.2, -0.15) is 0 Å². The quantitative estimate of drug-likeness (QED) is 0.151. The minimum absolute atomic E-state index is 0.0147. The van der Waals surface area contributed by atoms with Crippen LogP contribution in [0.25, 0.3) is 65.7 Å². The lowest BCUT2D eigenvalue weighted by atomic mass is 9.85. The third-order valence-corrected chi connectivity index (χ3v) is 8.56. The van der Waals surface area contributed by atoms with Crippen LogP contribution >= 0.6 is 0 Å². The first-order chi connectivity index (χ1) is 20.9. The number of hydrogen-bond acceptors (Lipinski definition) is 5. The van der Waals surface area contributed by atoms with Gasteiger partial charge in [0.15, 0.2) is 0 Å². The van der Waals surface area contributed by atoms with Crippen molar-refractivity contribution >= 4 is 43.5 Å². The second kappa shape index (κ2) is 9.75. The number of aromatic nitrogens is 1. The summed E-state index contributed by atoms with van der Waals surface area (Å²) in [6.45, 7) is 13.1. The molecule has 44 heavy (non-hydrogen) atoms. The molecule has 0 fully saturated rings. The fraction of sp³-hybridized carbons (Fsp3) is 0.205. The topological polar surface area (TPSA) is 73.3 Å². The van der Waals surface area contributed by atoms with Gasteiger partial charge in [0, 0.05) is 34.3 Å². The van der Waals surface area contributed by atoms with Crippen LogP contribution in [0.1, 0.15) is 52.7 Å². The number of rotatable bonds is 2. The zero-order valence-corrected chi connectivity index (χ0v) is 25.7. The fourth-order valence-electron chi connectivity index (χ4n) is 5.93. The summed E-state index contributed by atoms with van der Waals surface area (Å²) in [5, 5.41) is 5.84. The summed E-state index contributed by atoms with van der Waals surface area (Å²) in [6, 6.07) is 26.0. The highest BCUT2D eigenvalue weighted by molar-refractivity contribution is 6.08. The minimum atomic E-state index is -0.465. The van der Waals surface area contributed by atoms with E-state index in [1.165, 1.54) is 11.1 Å². The Balaban J connectivity index is 1.37. The molecule has 0 aliphatic rings. The van der Waals surface area contributed by atoms with Gasteiger partial charge in [0.05, 0.1) is 11.1 Å². The molecule has 0 N–H and O–H groups in total. The molecular formula is C39H33NO4. The molecule has 5 heteroatoms. The molecule has 218 valence electrons. The first-order valence-corrected chi connectivity index (χ1v) is 14.8. The SMILES string of the molecule is CC(C)(C)c1ccc2c(ccc3oc(=O)c(-c4cncc(-c5cc6c(ccc7cc(C(C)(C)C)ccc76)oc5=O)c4)cc32)c1. The fourth-order valence-corrected chi connectivity index (χ4v) is 5.93. The third kappa shape index (κ3) is 4.69. The molecule has 0 spiro atoms. The zero-order chi connectivity index (χ0) is 31.0. The smallest absolute Gasteiger partial charge is 0.344 e. The summed E-state index contributed by atoms with van der Waals surface area (Å²) in [4.78, 5) is 30.8. The molecule has 0 atom stereocenters. The summed E-state index contributed by atoms with van der Waals surface area (Å²) in [7, 11) is 0. The number of pyridine rings is 1. The maximum absolute atomic E-state index is 13.2. The third-order valence-electron chi connectivity index (χ3n) is 8.56. The van der Waals surface area contributed by atoms with Crippen molar-refractivity contribution in [3.63, 3.8) is 0 Å². The van der Waals surface area contributed by atoms with Gasteiger partial charge in [-0.25, -0.2) is 9.59 Å². The predicted octanol–water partition coefficient (Wildman–Crippen LogP) is 9.53. The highest BCUT2D eigenvalue weighted by atomic mass is 16.4. The van der Waals surface area contributed by atoms with Gasteiger partial charge in [-0.1, -0.05) is 90.1 Å². The molecule has 0 saturated carbocycles. The molecule has 0 bridgehead atoms. The highest BCUT2D eigenvalue weighted by Gasteiger charge is 2.18. The Kier molecular flexibility index (Phi) is 6.15. The Hall–Kier alpha value is -5.03. The van der Waals surface area contributed by atoms with E-state index in [0.717, 1.165) is 32.3 Å². The largest absolute Gasteiger partial charge is 0.422 e. The summed E-state index contributed by atoms with van der Waals surface area (Å²) in [6.07, 6.45) is 3.24. The molecule has 4 aromatic carbocycles. The Bertz CT molecular complexity index is 2230. The molecular weight excluding hydrogens is 546 g/mol. The van der Waals surface area contributed by atoms with Crippen LogP contribution in [0.5, 0.6) is 0 Å². The number of benzene rings is 4. The lowest BCUT2D eigenvalue weighted by Crippen LogP contribution is -2.10. The average Bonchev–Trinajstić information content (AvgIpc) is 2.98. The van der Waals surface area contributed by atoms with Crippen LogP contribution in [0.15, 0.2) is 110 Å². The van der Waals surface area contributed by atoms with Crippen molar-refractivity contribution in [1.29, 1.82) is 0 Å². The predicted molar refractivity (Wildman–Crippen MR) is 180 cm³/mol. The molecule has 3 aromatic heterocycles. The summed E-state index contributed by atoms with van der Waals surface area (Å²) in [5.41, 5.74) is 4.50. The molecule has 7 rings (SSSR count). The van der Waals surface area contributed by atoms with Crippen molar-refractivity contribution in [3.8, 4) is 22.3 Å². The van der Waals surface area contributed by atoms with Gasteiger partial charge >= 0.3 is 11.3 Å². The van der Waals surface area contributed by atoms with E-state index in [2.05, 4.69) is 82.9 Å². The maximum Gasteiger partial charge on any atom is 0.344 e. The van der Waals surface area contributed by atoms with E-state index in [0.29, 0.717) is 33.4 Å². The average molecular weight is 580 g/mol. The standard InChI is InChI=1S/C39H33NO4/c1-38(2,3)26-9-11-28-22(16-26)7-13-34-32(28)18-30(36(41)43-34)24-15-25(21-40-20-24)31-19-33-29-12-10-27(39(4,5)6)17-23(29)8-14-35(33)44-37(31)42/h7-21H,1-6H3. The van der Waals surface area contributed by atoms with Gasteiger partial charge in [-0.3, -0.25) is 4.98 Å². The maximum atomic E-state index is 13.2. The van der Waals surface area contributed by atoms with Gasteiger partial charge in [0.1, 0.15) is 11.2 Å². The first kappa shape index (κ1) is 27.8.